The summed E-state index contributed by atoms with van der Waals surface area (Å²) in [5.74, 6) is -2.24. The number of hydrogen-bond acceptors (Lipinski definition) is 2. The van der Waals surface area contributed by atoms with Crippen molar-refractivity contribution in [3.8, 4) is 0 Å². The molecule has 2 amide bonds. The molecule has 3 aromatic carbocycles. The molecular formula is C23H17ClF2N2O2. The standard InChI is InChI=1S/C23H17ClF2N2O2/c24-17-5-1-3-16(12-17)23(30)28-10-2-4-14-11-15(6-9-21(14)28)22(29)27-20-8-7-18(25)13-19(20)26/h1,3,5-9,11-13H,2,4,10H2,(H,27,29). The van der Waals surface area contributed by atoms with Crippen molar-refractivity contribution in [2.75, 3.05) is 16.8 Å². The Morgan fingerprint density at radius 3 is 2.57 bits per heavy atom. The van der Waals surface area contributed by atoms with Gasteiger partial charge in [0.25, 0.3) is 11.8 Å². The van der Waals surface area contributed by atoms with Gasteiger partial charge in [-0.25, -0.2) is 8.78 Å². The monoisotopic (exact) mass is 426 g/mol. The molecule has 0 fully saturated rings. The second kappa shape index (κ2) is 8.24. The van der Waals surface area contributed by atoms with E-state index in [2.05, 4.69) is 5.32 Å². The van der Waals surface area contributed by atoms with Gasteiger partial charge >= 0.3 is 0 Å². The number of nitrogens with zero attached hydrogens (tertiary/aromatic N) is 1. The molecule has 3 aromatic rings. The lowest BCUT2D eigenvalue weighted by atomic mass is 9.98. The zero-order chi connectivity index (χ0) is 21.3. The van der Waals surface area contributed by atoms with E-state index in [1.54, 1.807) is 47.4 Å². The fraction of sp³-hybridized carbons (Fsp3) is 0.130. The Labute approximate surface area is 177 Å². The third kappa shape index (κ3) is 4.04. The highest BCUT2D eigenvalue weighted by Crippen LogP contribution is 2.30. The molecule has 4 rings (SSSR count). The molecule has 1 aliphatic rings. The maximum absolute atomic E-state index is 13.8. The average molecular weight is 427 g/mol. The van der Waals surface area contributed by atoms with Crippen molar-refractivity contribution in [2.24, 2.45) is 0 Å². The molecule has 1 aliphatic heterocycles. The zero-order valence-corrected chi connectivity index (χ0v) is 16.5. The maximum Gasteiger partial charge on any atom is 0.258 e. The van der Waals surface area contributed by atoms with Crippen LogP contribution in [0.1, 0.15) is 32.7 Å². The zero-order valence-electron chi connectivity index (χ0n) is 15.8. The smallest absolute Gasteiger partial charge is 0.258 e. The van der Waals surface area contributed by atoms with Gasteiger partial charge in [0.05, 0.1) is 5.69 Å². The van der Waals surface area contributed by atoms with E-state index in [1.165, 1.54) is 6.07 Å². The van der Waals surface area contributed by atoms with Gasteiger partial charge in [-0.15, -0.1) is 0 Å². The number of fused-ring (bicyclic) bond motifs is 1. The number of benzene rings is 3. The number of carbonyl (C=O) groups excluding carboxylic acids is 2. The van der Waals surface area contributed by atoms with Gasteiger partial charge in [0.1, 0.15) is 11.6 Å². The Kier molecular flexibility index (Phi) is 5.50. The van der Waals surface area contributed by atoms with Crippen molar-refractivity contribution in [3.63, 3.8) is 0 Å². The van der Waals surface area contributed by atoms with Crippen LogP contribution in [0.4, 0.5) is 20.2 Å². The minimum Gasteiger partial charge on any atom is -0.319 e. The second-order valence-corrected chi connectivity index (χ2v) is 7.43. The Hall–Kier alpha value is -3.25. The van der Waals surface area contributed by atoms with Gasteiger partial charge in [0.15, 0.2) is 0 Å². The van der Waals surface area contributed by atoms with Gasteiger partial charge in [-0.2, -0.15) is 0 Å². The molecule has 0 radical (unpaired) electrons. The molecule has 0 aliphatic carbocycles. The quantitative estimate of drug-likeness (QED) is 0.604. The largest absolute Gasteiger partial charge is 0.319 e. The fourth-order valence-electron chi connectivity index (χ4n) is 3.51. The highest BCUT2D eigenvalue weighted by atomic mass is 35.5. The summed E-state index contributed by atoms with van der Waals surface area (Å²) in [7, 11) is 0. The number of halogens is 3. The predicted molar refractivity (Wildman–Crippen MR) is 112 cm³/mol. The van der Waals surface area contributed by atoms with E-state index in [9.17, 15) is 18.4 Å². The molecule has 0 bridgehead atoms. The van der Waals surface area contributed by atoms with Gasteiger partial charge in [0, 0.05) is 34.4 Å². The summed E-state index contributed by atoms with van der Waals surface area (Å²) >= 11 is 6.01. The maximum atomic E-state index is 13.8. The molecule has 0 spiro atoms. The Bertz CT molecular complexity index is 1150. The van der Waals surface area contributed by atoms with Crippen molar-refractivity contribution >= 4 is 34.8 Å². The van der Waals surface area contributed by atoms with Crippen LogP contribution in [0.3, 0.4) is 0 Å². The summed E-state index contributed by atoms with van der Waals surface area (Å²) in [5, 5.41) is 2.94. The van der Waals surface area contributed by atoms with Gasteiger partial charge in [-0.05, 0) is 66.9 Å². The van der Waals surface area contributed by atoms with Crippen molar-refractivity contribution in [1.82, 2.24) is 0 Å². The van der Waals surface area contributed by atoms with E-state index in [4.69, 9.17) is 11.6 Å². The lowest BCUT2D eigenvalue weighted by Crippen LogP contribution is -2.35. The van der Waals surface area contributed by atoms with Gasteiger partial charge in [0.2, 0.25) is 0 Å². The van der Waals surface area contributed by atoms with Crippen molar-refractivity contribution in [1.29, 1.82) is 0 Å². The van der Waals surface area contributed by atoms with Crippen molar-refractivity contribution < 1.29 is 18.4 Å². The van der Waals surface area contributed by atoms with E-state index in [0.717, 1.165) is 23.7 Å². The second-order valence-electron chi connectivity index (χ2n) is 6.99. The first-order valence-electron chi connectivity index (χ1n) is 9.39. The average Bonchev–Trinajstić information content (AvgIpc) is 2.74. The summed E-state index contributed by atoms with van der Waals surface area (Å²) in [5.41, 5.74) is 2.30. The molecule has 4 nitrogen and oxygen atoms in total. The summed E-state index contributed by atoms with van der Waals surface area (Å²) in [6.45, 7) is 0.560. The van der Waals surface area contributed by atoms with Crippen LogP contribution in [0, 0.1) is 11.6 Å². The third-order valence-electron chi connectivity index (χ3n) is 4.96. The van der Waals surface area contributed by atoms with Crippen LogP contribution < -0.4 is 10.2 Å². The van der Waals surface area contributed by atoms with E-state index in [-0.39, 0.29) is 11.6 Å². The Morgan fingerprint density at radius 1 is 0.967 bits per heavy atom. The minimum atomic E-state index is -0.848. The molecule has 0 aromatic heterocycles. The van der Waals surface area contributed by atoms with Crippen LogP contribution in [0.2, 0.25) is 5.02 Å². The third-order valence-corrected chi connectivity index (χ3v) is 5.19. The molecule has 1 N–H and O–H groups in total. The lowest BCUT2D eigenvalue weighted by Gasteiger charge is -2.30. The molecular weight excluding hydrogens is 410 g/mol. The molecule has 152 valence electrons. The van der Waals surface area contributed by atoms with E-state index >= 15 is 0 Å². The SMILES string of the molecule is O=C(Nc1ccc(F)cc1F)c1ccc2c(c1)CCCN2C(=O)c1cccc(Cl)c1. The summed E-state index contributed by atoms with van der Waals surface area (Å²) in [6, 6.07) is 14.7. The summed E-state index contributed by atoms with van der Waals surface area (Å²) in [6.07, 6.45) is 1.46. The normalized spacial score (nSPS) is 13.0. The Morgan fingerprint density at radius 2 is 1.80 bits per heavy atom. The molecule has 0 atom stereocenters. The van der Waals surface area contributed by atoms with E-state index < -0.39 is 17.5 Å². The minimum absolute atomic E-state index is 0.100. The molecule has 30 heavy (non-hydrogen) atoms. The van der Waals surface area contributed by atoms with Crippen molar-refractivity contribution in [3.05, 3.63) is 94.0 Å². The van der Waals surface area contributed by atoms with Crippen LogP contribution in [-0.2, 0) is 6.42 Å². The number of amides is 2. The number of anilines is 2. The molecule has 0 unspecified atom stereocenters. The van der Waals surface area contributed by atoms with E-state index in [0.29, 0.717) is 35.2 Å². The number of rotatable bonds is 3. The number of aryl methyl sites for hydroxylation is 1. The van der Waals surface area contributed by atoms with Gasteiger partial charge in [-0.3, -0.25) is 9.59 Å². The highest BCUT2D eigenvalue weighted by molar-refractivity contribution is 6.31. The van der Waals surface area contributed by atoms with Crippen LogP contribution in [0.25, 0.3) is 0 Å². The fourth-order valence-corrected chi connectivity index (χ4v) is 3.70. The summed E-state index contributed by atoms with van der Waals surface area (Å²) < 4.78 is 26.9. The van der Waals surface area contributed by atoms with Crippen LogP contribution >= 0.6 is 11.6 Å². The Balaban J connectivity index is 1.58. The topological polar surface area (TPSA) is 49.4 Å². The molecule has 1 heterocycles. The molecule has 7 heteroatoms. The van der Waals surface area contributed by atoms with Gasteiger partial charge < -0.3 is 10.2 Å². The first kappa shape index (κ1) is 20.0. The van der Waals surface area contributed by atoms with Crippen LogP contribution in [0.5, 0.6) is 0 Å². The van der Waals surface area contributed by atoms with Crippen LogP contribution in [-0.4, -0.2) is 18.4 Å². The number of carbonyl (C=O) groups is 2. The molecule has 0 saturated heterocycles. The lowest BCUT2D eigenvalue weighted by molar-refractivity contribution is 0.0984. The van der Waals surface area contributed by atoms with Crippen LogP contribution in [0.15, 0.2) is 60.7 Å². The van der Waals surface area contributed by atoms with E-state index in [1.807, 2.05) is 0 Å². The number of nitrogens with one attached hydrogen (secondary N) is 1. The molecule has 0 saturated carbocycles. The first-order chi connectivity index (χ1) is 14.4. The highest BCUT2D eigenvalue weighted by Gasteiger charge is 2.24. The van der Waals surface area contributed by atoms with Crippen molar-refractivity contribution in [2.45, 2.75) is 12.8 Å². The first-order valence-corrected chi connectivity index (χ1v) is 9.77. The van der Waals surface area contributed by atoms with Gasteiger partial charge in [-0.1, -0.05) is 17.7 Å². The number of hydrogen-bond donors (Lipinski definition) is 1. The summed E-state index contributed by atoms with van der Waals surface area (Å²) in [4.78, 5) is 27.2. The predicted octanol–water partition coefficient (Wildman–Crippen LogP) is 5.46.